The molecule has 1 heterocycles. The number of rotatable bonds is 1. The molecule has 0 unspecified atom stereocenters. The average molecular weight is 162 g/mol. The molecule has 0 aromatic rings. The minimum Gasteiger partial charge on any atom is -0.306 e. The van der Waals surface area contributed by atoms with Gasteiger partial charge in [-0.05, 0) is 38.0 Å². The van der Waals surface area contributed by atoms with Crippen LogP contribution in [0, 0.1) is 5.92 Å². The van der Waals surface area contributed by atoms with Crippen molar-refractivity contribution in [2.24, 2.45) is 5.92 Å². The van der Waals surface area contributed by atoms with Crippen molar-refractivity contribution in [1.29, 1.82) is 0 Å². The molecule has 10 heavy (non-hydrogen) atoms. The molecule has 0 aliphatic carbocycles. The molecule has 0 saturated carbocycles. The summed E-state index contributed by atoms with van der Waals surface area (Å²) in [5.41, 5.74) is 0. The molecule has 0 bridgehead atoms. The van der Waals surface area contributed by atoms with Crippen molar-refractivity contribution in [3.05, 3.63) is 0 Å². The van der Waals surface area contributed by atoms with Crippen LogP contribution in [-0.4, -0.2) is 30.3 Å². The van der Waals surface area contributed by atoms with Crippen molar-refractivity contribution < 1.29 is 4.79 Å². The Labute approximate surface area is 66.1 Å². The maximum absolute atomic E-state index is 10.7. The zero-order valence-electron chi connectivity index (χ0n) is 6.14. The quantitative estimate of drug-likeness (QED) is 0.537. The highest BCUT2D eigenvalue weighted by Crippen LogP contribution is 2.16. The number of piperidine rings is 1. The average Bonchev–Trinajstić information content (AvgIpc) is 1.88. The Bertz CT molecular complexity index is 138. The molecular weight excluding hydrogens is 150 g/mol. The van der Waals surface area contributed by atoms with Gasteiger partial charge in [-0.25, -0.2) is 0 Å². The standard InChI is InChI=1S/C7H12ClNO/c1-9-4-2-3-6(5-9)7(8)10/h6H,2-5H2,1H3/t6-/m0/s1. The van der Waals surface area contributed by atoms with Gasteiger partial charge in [0, 0.05) is 12.5 Å². The van der Waals surface area contributed by atoms with Crippen molar-refractivity contribution in [3.63, 3.8) is 0 Å². The van der Waals surface area contributed by atoms with E-state index in [1.807, 2.05) is 7.05 Å². The lowest BCUT2D eigenvalue weighted by Gasteiger charge is -2.26. The molecule has 0 aromatic carbocycles. The summed E-state index contributed by atoms with van der Waals surface area (Å²) in [7, 11) is 2.02. The molecule has 1 fully saturated rings. The van der Waals surface area contributed by atoms with Gasteiger partial charge < -0.3 is 4.90 Å². The molecule has 58 valence electrons. The van der Waals surface area contributed by atoms with Gasteiger partial charge in [0.15, 0.2) is 0 Å². The van der Waals surface area contributed by atoms with Crippen molar-refractivity contribution in [2.75, 3.05) is 20.1 Å². The summed E-state index contributed by atoms with van der Waals surface area (Å²) in [6, 6.07) is 0. The van der Waals surface area contributed by atoms with Crippen LogP contribution in [0.1, 0.15) is 12.8 Å². The van der Waals surface area contributed by atoms with Crippen LogP contribution in [0.4, 0.5) is 0 Å². The third-order valence-corrected chi connectivity index (χ3v) is 2.25. The first kappa shape index (κ1) is 8.02. The van der Waals surface area contributed by atoms with Crippen LogP contribution in [0.15, 0.2) is 0 Å². The predicted molar refractivity (Wildman–Crippen MR) is 41.1 cm³/mol. The zero-order valence-corrected chi connectivity index (χ0v) is 6.90. The topological polar surface area (TPSA) is 20.3 Å². The molecular formula is C7H12ClNO. The highest BCUT2D eigenvalue weighted by molar-refractivity contribution is 6.64. The third-order valence-electron chi connectivity index (χ3n) is 1.95. The molecule has 1 aliphatic rings. The molecule has 1 atom stereocenters. The smallest absolute Gasteiger partial charge is 0.226 e. The highest BCUT2D eigenvalue weighted by Gasteiger charge is 2.21. The van der Waals surface area contributed by atoms with Crippen molar-refractivity contribution in [3.8, 4) is 0 Å². The fourth-order valence-electron chi connectivity index (χ4n) is 1.35. The number of hydrogen-bond acceptors (Lipinski definition) is 2. The van der Waals surface area contributed by atoms with Gasteiger partial charge in [0.05, 0.1) is 0 Å². The molecule has 3 heteroatoms. The van der Waals surface area contributed by atoms with E-state index in [9.17, 15) is 4.79 Å². The monoisotopic (exact) mass is 161 g/mol. The first-order chi connectivity index (χ1) is 4.70. The van der Waals surface area contributed by atoms with Crippen LogP contribution in [-0.2, 0) is 4.79 Å². The summed E-state index contributed by atoms with van der Waals surface area (Å²) in [6.45, 7) is 1.93. The highest BCUT2D eigenvalue weighted by atomic mass is 35.5. The number of hydrogen-bond donors (Lipinski definition) is 0. The van der Waals surface area contributed by atoms with E-state index in [0.717, 1.165) is 25.9 Å². The summed E-state index contributed by atoms with van der Waals surface area (Å²) < 4.78 is 0. The molecule has 1 aliphatic heterocycles. The predicted octanol–water partition coefficient (Wildman–Crippen LogP) is 1.09. The number of likely N-dealkylation sites (tertiary alicyclic amines) is 1. The van der Waals surface area contributed by atoms with Crippen LogP contribution in [0.3, 0.4) is 0 Å². The second-order valence-corrected chi connectivity index (χ2v) is 3.28. The SMILES string of the molecule is CN1CCC[C@H](C(=O)Cl)C1. The molecule has 1 saturated heterocycles. The van der Waals surface area contributed by atoms with Crippen LogP contribution in [0.5, 0.6) is 0 Å². The second kappa shape index (κ2) is 3.35. The van der Waals surface area contributed by atoms with Gasteiger partial charge in [0.25, 0.3) is 0 Å². The molecule has 0 spiro atoms. The van der Waals surface area contributed by atoms with E-state index < -0.39 is 0 Å². The Hall–Kier alpha value is -0.0800. The molecule has 0 radical (unpaired) electrons. The van der Waals surface area contributed by atoms with Gasteiger partial charge in [-0.3, -0.25) is 4.79 Å². The summed E-state index contributed by atoms with van der Waals surface area (Å²) in [5.74, 6) is 0.0837. The summed E-state index contributed by atoms with van der Waals surface area (Å²) in [5, 5.41) is -0.174. The molecule has 2 nitrogen and oxygen atoms in total. The van der Waals surface area contributed by atoms with Gasteiger partial charge >= 0.3 is 0 Å². The van der Waals surface area contributed by atoms with E-state index in [4.69, 9.17) is 11.6 Å². The van der Waals surface area contributed by atoms with E-state index in [0.29, 0.717) is 0 Å². The summed E-state index contributed by atoms with van der Waals surface area (Å²) in [6.07, 6.45) is 2.06. The normalized spacial score (nSPS) is 28.4. The molecule has 0 amide bonds. The molecule has 0 N–H and O–H groups in total. The van der Waals surface area contributed by atoms with E-state index in [1.54, 1.807) is 0 Å². The zero-order chi connectivity index (χ0) is 7.56. The van der Waals surface area contributed by atoms with Crippen LogP contribution in [0.2, 0.25) is 0 Å². The lowest BCUT2D eigenvalue weighted by molar-refractivity contribution is -0.116. The number of nitrogens with zero attached hydrogens (tertiary/aromatic N) is 1. The Morgan fingerprint density at radius 1 is 1.70 bits per heavy atom. The van der Waals surface area contributed by atoms with E-state index in [-0.39, 0.29) is 11.2 Å². The lowest BCUT2D eigenvalue weighted by atomic mass is 10.0. The molecule has 1 rings (SSSR count). The van der Waals surface area contributed by atoms with Gasteiger partial charge in [-0.15, -0.1) is 0 Å². The minimum atomic E-state index is -0.174. The van der Waals surface area contributed by atoms with Gasteiger partial charge in [0.2, 0.25) is 5.24 Å². The Morgan fingerprint density at radius 2 is 2.40 bits per heavy atom. The fourth-order valence-corrected chi connectivity index (χ4v) is 1.53. The first-order valence-corrected chi connectivity index (χ1v) is 3.96. The summed E-state index contributed by atoms with van der Waals surface area (Å²) >= 11 is 5.36. The van der Waals surface area contributed by atoms with Crippen molar-refractivity contribution in [1.82, 2.24) is 4.90 Å². The van der Waals surface area contributed by atoms with Crippen molar-refractivity contribution in [2.45, 2.75) is 12.8 Å². The van der Waals surface area contributed by atoms with E-state index in [1.165, 1.54) is 0 Å². The maximum Gasteiger partial charge on any atom is 0.226 e. The maximum atomic E-state index is 10.7. The van der Waals surface area contributed by atoms with Crippen LogP contribution >= 0.6 is 11.6 Å². The largest absolute Gasteiger partial charge is 0.306 e. The van der Waals surface area contributed by atoms with Crippen LogP contribution < -0.4 is 0 Å². The Kier molecular flexibility index (Phi) is 2.69. The van der Waals surface area contributed by atoms with Gasteiger partial charge in [-0.2, -0.15) is 0 Å². The minimum absolute atomic E-state index is 0.0837. The number of halogens is 1. The second-order valence-electron chi connectivity index (χ2n) is 2.91. The van der Waals surface area contributed by atoms with E-state index >= 15 is 0 Å². The van der Waals surface area contributed by atoms with Crippen LogP contribution in [0.25, 0.3) is 0 Å². The van der Waals surface area contributed by atoms with E-state index in [2.05, 4.69) is 4.90 Å². The Balaban J connectivity index is 2.39. The fraction of sp³-hybridized carbons (Fsp3) is 0.857. The van der Waals surface area contributed by atoms with Crippen molar-refractivity contribution >= 4 is 16.8 Å². The summed E-state index contributed by atoms with van der Waals surface area (Å²) in [4.78, 5) is 12.8. The Morgan fingerprint density at radius 3 is 2.80 bits per heavy atom. The molecule has 0 aromatic heterocycles. The van der Waals surface area contributed by atoms with Gasteiger partial charge in [0.1, 0.15) is 0 Å². The number of carbonyl (C=O) groups excluding carboxylic acids is 1. The number of carbonyl (C=O) groups is 1. The third kappa shape index (κ3) is 1.96. The van der Waals surface area contributed by atoms with Gasteiger partial charge in [-0.1, -0.05) is 0 Å². The first-order valence-electron chi connectivity index (χ1n) is 3.58. The lowest BCUT2D eigenvalue weighted by Crippen LogP contribution is -2.34.